The van der Waals surface area contributed by atoms with Crippen molar-refractivity contribution < 1.29 is 19.0 Å². The van der Waals surface area contributed by atoms with E-state index in [4.69, 9.17) is 14.2 Å². The minimum atomic E-state index is -0.802. The zero-order valence-electron chi connectivity index (χ0n) is 17.0. The Morgan fingerprint density at radius 1 is 1.23 bits per heavy atom. The van der Waals surface area contributed by atoms with Crippen LogP contribution in [0.5, 0.6) is 11.5 Å². The lowest BCUT2D eigenvalue weighted by Gasteiger charge is -2.29. The molecule has 1 atom stereocenters. The summed E-state index contributed by atoms with van der Waals surface area (Å²) in [4.78, 5) is 42.2. The molecule has 3 N–H and O–H groups in total. The van der Waals surface area contributed by atoms with Gasteiger partial charge in [0.05, 0.1) is 30.8 Å². The number of rotatable bonds is 7. The Hall–Kier alpha value is -3.75. The van der Waals surface area contributed by atoms with Gasteiger partial charge in [0, 0.05) is 5.70 Å². The predicted octanol–water partition coefficient (Wildman–Crippen LogP) is 2.03. The normalized spacial score (nSPS) is 15.1. The van der Waals surface area contributed by atoms with Crippen molar-refractivity contribution in [2.45, 2.75) is 19.8 Å². The first-order chi connectivity index (χ1) is 14.4. The van der Waals surface area contributed by atoms with Crippen molar-refractivity contribution >= 4 is 11.8 Å². The lowest BCUT2D eigenvalue weighted by atomic mass is 9.82. The Balaban J connectivity index is 2.25. The number of carbonyl (C=O) groups excluding carboxylic acids is 1. The molecule has 0 amide bonds. The van der Waals surface area contributed by atoms with Crippen LogP contribution in [-0.4, -0.2) is 36.3 Å². The fraction of sp³-hybridized carbons (Fsp3) is 0.286. The van der Waals surface area contributed by atoms with Crippen LogP contribution < -0.4 is 26.0 Å². The highest BCUT2D eigenvalue weighted by Gasteiger charge is 2.36. The molecule has 1 aromatic carbocycles. The molecule has 2 aromatic rings. The van der Waals surface area contributed by atoms with Gasteiger partial charge in [-0.1, -0.05) is 18.7 Å². The summed E-state index contributed by atoms with van der Waals surface area (Å²) in [5, 5.41) is 2.93. The smallest absolute Gasteiger partial charge is 0.337 e. The van der Waals surface area contributed by atoms with Crippen LogP contribution in [-0.2, 0) is 9.53 Å². The molecule has 158 valence electrons. The number of esters is 1. The first-order valence-electron chi connectivity index (χ1n) is 9.34. The maximum absolute atomic E-state index is 12.9. The third-order valence-corrected chi connectivity index (χ3v) is 4.65. The number of benzene rings is 1. The van der Waals surface area contributed by atoms with Crippen LogP contribution >= 0.6 is 0 Å². The first kappa shape index (κ1) is 21.0. The van der Waals surface area contributed by atoms with Crippen molar-refractivity contribution in [1.29, 1.82) is 0 Å². The van der Waals surface area contributed by atoms with Crippen LogP contribution in [0.2, 0.25) is 0 Å². The number of allylic oxidation sites excluding steroid dienone is 1. The average Bonchev–Trinajstić information content (AvgIpc) is 2.71. The van der Waals surface area contributed by atoms with Gasteiger partial charge in [-0.2, -0.15) is 0 Å². The van der Waals surface area contributed by atoms with E-state index in [9.17, 15) is 14.4 Å². The third kappa shape index (κ3) is 3.86. The number of nitrogens with one attached hydrogen (secondary N) is 3. The molecule has 0 fully saturated rings. The van der Waals surface area contributed by atoms with Crippen LogP contribution in [0.25, 0.3) is 0 Å². The Bertz CT molecular complexity index is 1130. The average molecular weight is 413 g/mol. The van der Waals surface area contributed by atoms with Crippen molar-refractivity contribution in [2.75, 3.05) is 25.6 Å². The Kier molecular flexibility index (Phi) is 6.10. The minimum absolute atomic E-state index is 0.0178. The molecular weight excluding hydrogens is 390 g/mol. The highest BCUT2D eigenvalue weighted by molar-refractivity contribution is 5.94. The van der Waals surface area contributed by atoms with E-state index in [1.807, 2.05) is 6.92 Å². The van der Waals surface area contributed by atoms with Crippen LogP contribution in [0.15, 0.2) is 51.7 Å². The number of aromatic nitrogens is 2. The summed E-state index contributed by atoms with van der Waals surface area (Å²) in [6, 6.07) is 5.14. The van der Waals surface area contributed by atoms with Gasteiger partial charge in [-0.25, -0.2) is 9.59 Å². The summed E-state index contributed by atoms with van der Waals surface area (Å²) in [6.45, 7) is 7.48. The molecule has 1 aliphatic heterocycles. The van der Waals surface area contributed by atoms with Gasteiger partial charge >= 0.3 is 11.7 Å². The van der Waals surface area contributed by atoms with Crippen LogP contribution in [0, 0.1) is 0 Å². The first-order valence-corrected chi connectivity index (χ1v) is 9.34. The lowest BCUT2D eigenvalue weighted by Crippen LogP contribution is -2.35. The maximum Gasteiger partial charge on any atom is 0.337 e. The van der Waals surface area contributed by atoms with E-state index in [2.05, 4.69) is 21.9 Å². The molecule has 9 heteroatoms. The van der Waals surface area contributed by atoms with Crippen molar-refractivity contribution in [3.8, 4) is 11.5 Å². The van der Waals surface area contributed by atoms with Gasteiger partial charge in [0.2, 0.25) is 0 Å². The number of methoxy groups -OCH3 is 1. The summed E-state index contributed by atoms with van der Waals surface area (Å²) in [5.41, 5.74) is 0.232. The maximum atomic E-state index is 12.9. The third-order valence-electron chi connectivity index (χ3n) is 4.65. The molecule has 1 unspecified atom stereocenters. The van der Waals surface area contributed by atoms with Crippen LogP contribution in [0.3, 0.4) is 0 Å². The highest BCUT2D eigenvalue weighted by Crippen LogP contribution is 2.41. The molecule has 0 saturated carbocycles. The second-order valence-electron chi connectivity index (χ2n) is 6.52. The number of fused-ring (bicyclic) bond motifs is 1. The second-order valence-corrected chi connectivity index (χ2v) is 6.52. The summed E-state index contributed by atoms with van der Waals surface area (Å²) < 4.78 is 16.2. The number of H-pyrrole nitrogens is 2. The molecule has 2 heterocycles. The Labute approximate surface area is 172 Å². The van der Waals surface area contributed by atoms with Gasteiger partial charge in [-0.3, -0.25) is 14.8 Å². The van der Waals surface area contributed by atoms with Crippen molar-refractivity contribution in [1.82, 2.24) is 9.97 Å². The largest absolute Gasteiger partial charge is 0.493 e. The molecular formula is C21H23N3O6. The molecule has 30 heavy (non-hydrogen) atoms. The lowest BCUT2D eigenvalue weighted by molar-refractivity contribution is -0.138. The summed E-state index contributed by atoms with van der Waals surface area (Å²) >= 11 is 0. The van der Waals surface area contributed by atoms with E-state index in [0.717, 1.165) is 0 Å². The van der Waals surface area contributed by atoms with Gasteiger partial charge in [-0.05, 0) is 31.5 Å². The van der Waals surface area contributed by atoms with E-state index in [1.165, 1.54) is 13.2 Å². The Morgan fingerprint density at radius 3 is 2.67 bits per heavy atom. The van der Waals surface area contributed by atoms with E-state index >= 15 is 0 Å². The second kappa shape index (κ2) is 8.73. The van der Waals surface area contributed by atoms with E-state index in [1.54, 1.807) is 25.1 Å². The minimum Gasteiger partial charge on any atom is -0.493 e. The van der Waals surface area contributed by atoms with Gasteiger partial charge < -0.3 is 19.5 Å². The fourth-order valence-electron chi connectivity index (χ4n) is 3.44. The molecule has 0 radical (unpaired) electrons. The van der Waals surface area contributed by atoms with Gasteiger partial charge in [-0.15, -0.1) is 0 Å². The standard InChI is InChI=1S/C21H23N3O6/c1-5-9-30-20(26)15-11(3)22-18-17(19(25)24-21(27)23-18)16(15)12-7-8-13(28-4)14(10-12)29-6-2/h5,7-8,10,16H,1,6,9H2,2-4H3,(H3,22,23,24,25,27). The number of aromatic amines is 2. The molecule has 1 aromatic heterocycles. The van der Waals surface area contributed by atoms with Crippen molar-refractivity contribution in [3.63, 3.8) is 0 Å². The number of hydrogen-bond donors (Lipinski definition) is 3. The number of anilines is 1. The molecule has 1 aliphatic rings. The zero-order chi connectivity index (χ0) is 21.8. The van der Waals surface area contributed by atoms with Gasteiger partial charge in [0.15, 0.2) is 11.5 Å². The molecule has 0 spiro atoms. The number of ether oxygens (including phenoxy) is 3. The Morgan fingerprint density at radius 2 is 2.00 bits per heavy atom. The van der Waals surface area contributed by atoms with E-state index in [-0.39, 0.29) is 23.6 Å². The van der Waals surface area contributed by atoms with Gasteiger partial charge in [0.25, 0.3) is 5.56 Å². The molecule has 0 bridgehead atoms. The molecule has 0 aliphatic carbocycles. The predicted molar refractivity (Wildman–Crippen MR) is 111 cm³/mol. The van der Waals surface area contributed by atoms with Crippen LogP contribution in [0.1, 0.15) is 30.9 Å². The summed E-state index contributed by atoms with van der Waals surface area (Å²) in [6.07, 6.45) is 1.46. The zero-order valence-corrected chi connectivity index (χ0v) is 17.0. The quantitative estimate of drug-likeness (QED) is 0.469. The molecule has 3 rings (SSSR count). The topological polar surface area (TPSA) is 123 Å². The van der Waals surface area contributed by atoms with Crippen molar-refractivity contribution in [3.05, 3.63) is 74.1 Å². The summed E-state index contributed by atoms with van der Waals surface area (Å²) in [5.74, 6) is -0.198. The van der Waals surface area contributed by atoms with E-state index in [0.29, 0.717) is 29.4 Å². The van der Waals surface area contributed by atoms with Gasteiger partial charge in [0.1, 0.15) is 12.4 Å². The summed E-state index contributed by atoms with van der Waals surface area (Å²) in [7, 11) is 1.52. The van der Waals surface area contributed by atoms with E-state index < -0.39 is 23.1 Å². The number of carbonyl (C=O) groups is 1. The highest BCUT2D eigenvalue weighted by atomic mass is 16.5. The molecule has 9 nitrogen and oxygen atoms in total. The monoisotopic (exact) mass is 413 g/mol. The number of hydrogen-bond acceptors (Lipinski definition) is 7. The molecule has 0 saturated heterocycles. The van der Waals surface area contributed by atoms with Crippen LogP contribution in [0.4, 0.5) is 5.82 Å². The SMILES string of the molecule is C=CCOC(=O)C1=C(C)Nc2[nH]c(=O)[nH]c(=O)c2C1c1ccc(OC)c(OCC)c1. The van der Waals surface area contributed by atoms with Crippen molar-refractivity contribution in [2.24, 2.45) is 0 Å². The fourth-order valence-corrected chi connectivity index (χ4v) is 3.44.